The van der Waals surface area contributed by atoms with E-state index in [1.165, 1.54) is 10.6 Å². The minimum absolute atomic E-state index is 0.0780. The summed E-state index contributed by atoms with van der Waals surface area (Å²) in [6.07, 6.45) is 2.09. The zero-order chi connectivity index (χ0) is 20.8. The summed E-state index contributed by atoms with van der Waals surface area (Å²) in [7, 11) is 3.18. The SMILES string of the molecule is COCc1cc(=O)n(CC(=O)NC(C)c2ccc(OC)cc2)c(N2CCCC2)n1. The van der Waals surface area contributed by atoms with Crippen LogP contribution in [0.5, 0.6) is 5.75 Å². The molecule has 8 heteroatoms. The molecule has 1 fully saturated rings. The highest BCUT2D eigenvalue weighted by molar-refractivity contribution is 5.76. The van der Waals surface area contributed by atoms with Gasteiger partial charge >= 0.3 is 0 Å². The van der Waals surface area contributed by atoms with Crippen LogP contribution in [-0.4, -0.2) is 42.8 Å². The van der Waals surface area contributed by atoms with Gasteiger partial charge in [-0.1, -0.05) is 12.1 Å². The van der Waals surface area contributed by atoms with Crippen molar-refractivity contribution in [3.63, 3.8) is 0 Å². The molecule has 1 aromatic carbocycles. The van der Waals surface area contributed by atoms with Gasteiger partial charge in [0.25, 0.3) is 5.56 Å². The van der Waals surface area contributed by atoms with Crippen LogP contribution in [0.4, 0.5) is 5.95 Å². The summed E-state index contributed by atoms with van der Waals surface area (Å²) in [5.74, 6) is 1.06. The van der Waals surface area contributed by atoms with Crippen LogP contribution in [0, 0.1) is 0 Å². The van der Waals surface area contributed by atoms with Crippen molar-refractivity contribution in [2.75, 3.05) is 32.2 Å². The summed E-state index contributed by atoms with van der Waals surface area (Å²) < 4.78 is 11.7. The minimum Gasteiger partial charge on any atom is -0.497 e. The molecule has 0 spiro atoms. The lowest BCUT2D eigenvalue weighted by molar-refractivity contribution is -0.122. The van der Waals surface area contributed by atoms with Crippen LogP contribution in [0.3, 0.4) is 0 Å². The van der Waals surface area contributed by atoms with E-state index in [9.17, 15) is 9.59 Å². The van der Waals surface area contributed by atoms with E-state index in [4.69, 9.17) is 9.47 Å². The van der Waals surface area contributed by atoms with Gasteiger partial charge in [-0.3, -0.25) is 14.2 Å². The fraction of sp³-hybridized carbons (Fsp3) is 0.476. The lowest BCUT2D eigenvalue weighted by Crippen LogP contribution is -2.37. The largest absolute Gasteiger partial charge is 0.497 e. The molecule has 0 aliphatic carbocycles. The number of aromatic nitrogens is 2. The molecule has 1 saturated heterocycles. The normalized spacial score (nSPS) is 14.7. The number of ether oxygens (including phenoxy) is 2. The van der Waals surface area contributed by atoms with Crippen molar-refractivity contribution in [1.29, 1.82) is 0 Å². The average molecular weight is 400 g/mol. The third-order valence-corrected chi connectivity index (χ3v) is 5.02. The molecule has 2 aromatic rings. The predicted molar refractivity (Wildman–Crippen MR) is 110 cm³/mol. The Balaban J connectivity index is 1.77. The number of amides is 1. The number of nitrogens with one attached hydrogen (secondary N) is 1. The van der Waals surface area contributed by atoms with E-state index < -0.39 is 0 Å². The van der Waals surface area contributed by atoms with E-state index >= 15 is 0 Å². The fourth-order valence-corrected chi connectivity index (χ4v) is 3.48. The molecule has 29 heavy (non-hydrogen) atoms. The number of benzene rings is 1. The summed E-state index contributed by atoms with van der Waals surface area (Å²) >= 11 is 0. The Labute approximate surface area is 170 Å². The smallest absolute Gasteiger partial charge is 0.255 e. The molecule has 0 bridgehead atoms. The second kappa shape index (κ2) is 9.56. The zero-order valence-corrected chi connectivity index (χ0v) is 17.2. The number of hydrogen-bond donors (Lipinski definition) is 1. The third-order valence-electron chi connectivity index (χ3n) is 5.02. The number of carbonyl (C=O) groups excluding carboxylic acids is 1. The highest BCUT2D eigenvalue weighted by Crippen LogP contribution is 2.19. The molecule has 1 aliphatic heterocycles. The van der Waals surface area contributed by atoms with Gasteiger partial charge in [0.05, 0.1) is 25.5 Å². The van der Waals surface area contributed by atoms with E-state index in [2.05, 4.69) is 15.2 Å². The summed E-state index contributed by atoms with van der Waals surface area (Å²) in [5.41, 5.74) is 1.28. The number of carbonyl (C=O) groups is 1. The number of hydrogen-bond acceptors (Lipinski definition) is 6. The standard InChI is InChI=1S/C21H28N4O4/c1-15(16-6-8-18(29-3)9-7-16)22-19(26)13-25-20(27)12-17(14-28-2)23-21(25)24-10-4-5-11-24/h6-9,12,15H,4-5,10-11,13-14H2,1-3H3,(H,22,26). The van der Waals surface area contributed by atoms with E-state index in [1.807, 2.05) is 31.2 Å². The van der Waals surface area contributed by atoms with E-state index in [1.54, 1.807) is 14.2 Å². The lowest BCUT2D eigenvalue weighted by Gasteiger charge is -2.22. The van der Waals surface area contributed by atoms with Crippen molar-refractivity contribution in [2.45, 2.75) is 39.0 Å². The maximum atomic E-state index is 12.7. The molecule has 1 unspecified atom stereocenters. The van der Waals surface area contributed by atoms with E-state index in [-0.39, 0.29) is 30.7 Å². The first-order chi connectivity index (χ1) is 14.0. The monoisotopic (exact) mass is 400 g/mol. The van der Waals surface area contributed by atoms with Crippen LogP contribution in [-0.2, 0) is 22.7 Å². The minimum atomic E-state index is -0.249. The summed E-state index contributed by atoms with van der Waals surface area (Å²) in [5, 5.41) is 2.96. The Morgan fingerprint density at radius 3 is 2.52 bits per heavy atom. The van der Waals surface area contributed by atoms with Crippen molar-refractivity contribution < 1.29 is 14.3 Å². The van der Waals surface area contributed by atoms with Gasteiger partial charge in [-0.05, 0) is 37.5 Å². The van der Waals surface area contributed by atoms with Crippen LogP contribution in [0.25, 0.3) is 0 Å². The van der Waals surface area contributed by atoms with Crippen molar-refractivity contribution in [1.82, 2.24) is 14.9 Å². The molecule has 3 rings (SSSR count). The molecule has 1 atom stereocenters. The van der Waals surface area contributed by atoms with Gasteiger partial charge in [0.1, 0.15) is 12.3 Å². The molecule has 1 aromatic heterocycles. The Kier molecular flexibility index (Phi) is 6.87. The Morgan fingerprint density at radius 2 is 1.90 bits per heavy atom. The molecule has 156 valence electrons. The van der Waals surface area contributed by atoms with Crippen LogP contribution in [0.2, 0.25) is 0 Å². The van der Waals surface area contributed by atoms with Crippen LogP contribution < -0.4 is 20.5 Å². The fourth-order valence-electron chi connectivity index (χ4n) is 3.48. The molecular weight excluding hydrogens is 372 g/mol. The molecule has 1 aliphatic rings. The van der Waals surface area contributed by atoms with E-state index in [0.717, 1.165) is 37.2 Å². The molecular formula is C21H28N4O4. The molecule has 2 heterocycles. The van der Waals surface area contributed by atoms with Crippen LogP contribution in [0.1, 0.15) is 37.1 Å². The Bertz CT molecular complexity index is 889. The maximum Gasteiger partial charge on any atom is 0.255 e. The zero-order valence-electron chi connectivity index (χ0n) is 17.2. The third kappa shape index (κ3) is 5.14. The molecule has 1 amide bonds. The van der Waals surface area contributed by atoms with Gasteiger partial charge in [-0.15, -0.1) is 0 Å². The first-order valence-corrected chi connectivity index (χ1v) is 9.79. The van der Waals surface area contributed by atoms with Crippen molar-refractivity contribution >= 4 is 11.9 Å². The second-order valence-electron chi connectivity index (χ2n) is 7.16. The Morgan fingerprint density at radius 1 is 1.21 bits per heavy atom. The summed E-state index contributed by atoms with van der Waals surface area (Å²) in [6.45, 7) is 3.74. The van der Waals surface area contributed by atoms with Gasteiger partial charge in [0.2, 0.25) is 11.9 Å². The van der Waals surface area contributed by atoms with Crippen molar-refractivity contribution in [2.24, 2.45) is 0 Å². The number of rotatable bonds is 8. The Hall–Kier alpha value is -2.87. The maximum absolute atomic E-state index is 12.7. The van der Waals surface area contributed by atoms with Crippen molar-refractivity contribution in [3.8, 4) is 5.75 Å². The summed E-state index contributed by atoms with van der Waals surface area (Å²) in [4.78, 5) is 32.0. The van der Waals surface area contributed by atoms with Gasteiger partial charge in [0, 0.05) is 26.3 Å². The first-order valence-electron chi connectivity index (χ1n) is 9.79. The van der Waals surface area contributed by atoms with Crippen LogP contribution in [0.15, 0.2) is 35.1 Å². The molecule has 0 radical (unpaired) electrons. The van der Waals surface area contributed by atoms with Crippen molar-refractivity contribution in [3.05, 3.63) is 51.9 Å². The molecule has 8 nitrogen and oxygen atoms in total. The number of methoxy groups -OCH3 is 2. The van der Waals surface area contributed by atoms with Gasteiger partial charge < -0.3 is 19.7 Å². The highest BCUT2D eigenvalue weighted by atomic mass is 16.5. The predicted octanol–water partition coefficient (Wildman–Crippen LogP) is 1.88. The summed E-state index contributed by atoms with van der Waals surface area (Å²) in [6, 6.07) is 8.77. The quantitative estimate of drug-likeness (QED) is 0.728. The highest BCUT2D eigenvalue weighted by Gasteiger charge is 2.21. The van der Waals surface area contributed by atoms with Gasteiger partial charge in [-0.25, -0.2) is 4.98 Å². The second-order valence-corrected chi connectivity index (χ2v) is 7.16. The van der Waals surface area contributed by atoms with E-state index in [0.29, 0.717) is 11.6 Å². The van der Waals surface area contributed by atoms with Crippen LogP contribution >= 0.6 is 0 Å². The number of anilines is 1. The average Bonchev–Trinajstić information content (AvgIpc) is 3.24. The topological polar surface area (TPSA) is 85.7 Å². The van der Waals surface area contributed by atoms with Gasteiger partial charge in [0.15, 0.2) is 0 Å². The molecule has 0 saturated carbocycles. The van der Waals surface area contributed by atoms with Gasteiger partial charge in [-0.2, -0.15) is 0 Å². The lowest BCUT2D eigenvalue weighted by atomic mass is 10.1. The first kappa shape index (κ1) is 20.9. The molecule has 1 N–H and O–H groups in total. The number of nitrogens with zero attached hydrogens (tertiary/aromatic N) is 3.